The van der Waals surface area contributed by atoms with Crippen molar-refractivity contribution in [3.8, 4) is 0 Å². The quantitative estimate of drug-likeness (QED) is 0.536. The predicted molar refractivity (Wildman–Crippen MR) is 103 cm³/mol. The molecule has 6 heteroatoms. The van der Waals surface area contributed by atoms with Crippen molar-refractivity contribution in [2.45, 2.75) is 77.8 Å². The van der Waals surface area contributed by atoms with E-state index in [1.165, 1.54) is 0 Å². The van der Waals surface area contributed by atoms with E-state index in [4.69, 9.17) is 0 Å². The molecule has 24 heavy (non-hydrogen) atoms. The molecule has 1 aromatic carbocycles. The van der Waals surface area contributed by atoms with E-state index in [1.807, 2.05) is 0 Å². The molecule has 0 bridgehead atoms. The Hall–Kier alpha value is 0.0200. The second-order valence-electron chi connectivity index (χ2n) is 8.36. The van der Waals surface area contributed by atoms with Gasteiger partial charge in [-0.05, 0) is 87.2 Å². The van der Waals surface area contributed by atoms with Crippen molar-refractivity contribution >= 4 is 31.9 Å². The van der Waals surface area contributed by atoms with Crippen LogP contribution in [0.3, 0.4) is 0 Å². The van der Waals surface area contributed by atoms with Gasteiger partial charge in [0.15, 0.2) is 0 Å². The minimum Gasteiger partial charge on any atom is -0.386 e. The first kappa shape index (κ1) is 22.1. The van der Waals surface area contributed by atoms with Crippen LogP contribution in [0, 0.1) is 0 Å². The number of aliphatic hydroxyl groups is 4. The molecule has 0 aliphatic rings. The number of hydrogen-bond donors (Lipinski definition) is 4. The molecule has 0 aromatic heterocycles. The molecule has 0 radical (unpaired) electrons. The third-order valence-corrected chi connectivity index (χ3v) is 5.41. The maximum absolute atomic E-state index is 10.7. The average molecular weight is 468 g/mol. The second kappa shape index (κ2) is 6.32. The molecule has 1 rings (SSSR count). The first-order valence-electron chi connectivity index (χ1n) is 7.77. The molecule has 0 saturated carbocycles. The van der Waals surface area contributed by atoms with Gasteiger partial charge in [-0.25, -0.2) is 0 Å². The van der Waals surface area contributed by atoms with E-state index in [0.717, 1.165) is 0 Å². The summed E-state index contributed by atoms with van der Waals surface area (Å²) in [6, 6.07) is 0. The Bertz CT molecular complexity index is 529. The number of hydrogen-bond acceptors (Lipinski definition) is 4. The minimum atomic E-state index is -1.28. The van der Waals surface area contributed by atoms with E-state index in [0.29, 0.717) is 31.2 Å². The molecule has 0 spiro atoms. The highest BCUT2D eigenvalue weighted by atomic mass is 79.9. The summed E-state index contributed by atoms with van der Waals surface area (Å²) in [6.45, 7) is 12.9. The minimum absolute atomic E-state index is 0.465. The Morgan fingerprint density at radius 2 is 0.583 bits per heavy atom. The highest BCUT2D eigenvalue weighted by Crippen LogP contribution is 2.50. The molecular weight excluding hydrogens is 440 g/mol. The van der Waals surface area contributed by atoms with Gasteiger partial charge < -0.3 is 20.4 Å². The van der Waals surface area contributed by atoms with Gasteiger partial charge in [-0.1, -0.05) is 0 Å². The monoisotopic (exact) mass is 466 g/mol. The van der Waals surface area contributed by atoms with Crippen molar-refractivity contribution in [1.29, 1.82) is 0 Å². The second-order valence-corrected chi connectivity index (χ2v) is 9.95. The summed E-state index contributed by atoms with van der Waals surface area (Å²) < 4.78 is 0.944. The largest absolute Gasteiger partial charge is 0.386 e. The SMILES string of the molecule is CC(C)(O)c1c(Br)c(C(C)(C)O)c(C(C)(C)O)c(Br)c1C(C)(C)O. The van der Waals surface area contributed by atoms with Gasteiger partial charge in [0.1, 0.15) is 0 Å². The lowest BCUT2D eigenvalue weighted by Gasteiger charge is -2.38. The number of rotatable bonds is 4. The van der Waals surface area contributed by atoms with Gasteiger partial charge >= 0.3 is 0 Å². The average Bonchev–Trinajstić information content (AvgIpc) is 2.24. The van der Waals surface area contributed by atoms with Crippen LogP contribution in [-0.2, 0) is 22.4 Å². The lowest BCUT2D eigenvalue weighted by molar-refractivity contribution is 0.0395. The van der Waals surface area contributed by atoms with Crippen LogP contribution in [0.1, 0.15) is 77.6 Å². The normalized spacial score (nSPS) is 14.2. The van der Waals surface area contributed by atoms with E-state index in [9.17, 15) is 20.4 Å². The van der Waals surface area contributed by atoms with E-state index in [-0.39, 0.29) is 0 Å². The van der Waals surface area contributed by atoms with Crippen molar-refractivity contribution in [2.75, 3.05) is 0 Å². The summed E-state index contributed by atoms with van der Waals surface area (Å²) in [5, 5.41) is 42.9. The molecule has 1 aromatic rings. The smallest absolute Gasteiger partial charge is 0.0855 e. The van der Waals surface area contributed by atoms with Crippen LogP contribution < -0.4 is 0 Å². The van der Waals surface area contributed by atoms with Crippen LogP contribution in [-0.4, -0.2) is 20.4 Å². The Morgan fingerprint density at radius 1 is 0.458 bits per heavy atom. The predicted octanol–water partition coefficient (Wildman–Crippen LogP) is 4.12. The number of halogens is 2. The summed E-state index contributed by atoms with van der Waals surface area (Å²) in [5.41, 5.74) is -3.27. The highest BCUT2D eigenvalue weighted by Gasteiger charge is 2.41. The maximum Gasteiger partial charge on any atom is 0.0855 e. The summed E-state index contributed by atoms with van der Waals surface area (Å²) in [7, 11) is 0. The van der Waals surface area contributed by atoms with Gasteiger partial charge in [0, 0.05) is 31.2 Å². The summed E-state index contributed by atoms with van der Waals surface area (Å²) in [6.07, 6.45) is 0. The molecule has 0 atom stereocenters. The molecule has 4 nitrogen and oxygen atoms in total. The third kappa shape index (κ3) is 4.22. The van der Waals surface area contributed by atoms with Gasteiger partial charge in [-0.15, -0.1) is 0 Å². The van der Waals surface area contributed by atoms with Crippen molar-refractivity contribution in [3.63, 3.8) is 0 Å². The summed E-state index contributed by atoms with van der Waals surface area (Å²) in [4.78, 5) is 0. The van der Waals surface area contributed by atoms with Crippen LogP contribution in [0.15, 0.2) is 8.95 Å². The van der Waals surface area contributed by atoms with Crippen molar-refractivity contribution in [2.24, 2.45) is 0 Å². The van der Waals surface area contributed by atoms with Gasteiger partial charge in [0.05, 0.1) is 22.4 Å². The molecule has 0 aliphatic carbocycles. The van der Waals surface area contributed by atoms with E-state index in [2.05, 4.69) is 31.9 Å². The fourth-order valence-corrected chi connectivity index (χ4v) is 5.72. The van der Waals surface area contributed by atoms with Gasteiger partial charge in [-0.2, -0.15) is 0 Å². The van der Waals surface area contributed by atoms with E-state index in [1.54, 1.807) is 55.4 Å². The molecule has 4 N–H and O–H groups in total. The van der Waals surface area contributed by atoms with E-state index < -0.39 is 22.4 Å². The summed E-state index contributed by atoms with van der Waals surface area (Å²) in [5.74, 6) is 0. The molecular formula is C18H28Br2O4. The molecule has 138 valence electrons. The zero-order valence-corrected chi connectivity index (χ0v) is 18.7. The van der Waals surface area contributed by atoms with E-state index >= 15 is 0 Å². The molecule has 0 amide bonds. The fourth-order valence-electron chi connectivity index (χ4n) is 2.99. The fraction of sp³-hybridized carbons (Fsp3) is 0.667. The topological polar surface area (TPSA) is 80.9 Å². The molecule has 0 unspecified atom stereocenters. The van der Waals surface area contributed by atoms with Crippen molar-refractivity contribution in [1.82, 2.24) is 0 Å². The Labute approximate surface area is 161 Å². The highest BCUT2D eigenvalue weighted by molar-refractivity contribution is 9.11. The number of benzene rings is 1. The Morgan fingerprint density at radius 3 is 0.667 bits per heavy atom. The summed E-state index contributed by atoms with van der Waals surface area (Å²) >= 11 is 7.02. The first-order valence-corrected chi connectivity index (χ1v) is 9.36. The van der Waals surface area contributed by atoms with Crippen LogP contribution in [0.25, 0.3) is 0 Å². The molecule has 0 aliphatic heterocycles. The third-order valence-electron chi connectivity index (χ3n) is 3.83. The lowest BCUT2D eigenvalue weighted by atomic mass is 9.76. The van der Waals surface area contributed by atoms with Crippen molar-refractivity contribution < 1.29 is 20.4 Å². The maximum atomic E-state index is 10.7. The van der Waals surface area contributed by atoms with Gasteiger partial charge in [-0.3, -0.25) is 0 Å². The van der Waals surface area contributed by atoms with Crippen LogP contribution in [0.2, 0.25) is 0 Å². The van der Waals surface area contributed by atoms with Gasteiger partial charge in [0.25, 0.3) is 0 Å². The molecule has 0 saturated heterocycles. The molecule has 0 heterocycles. The van der Waals surface area contributed by atoms with Gasteiger partial charge in [0.2, 0.25) is 0 Å². The van der Waals surface area contributed by atoms with Crippen LogP contribution in [0.4, 0.5) is 0 Å². The zero-order valence-electron chi connectivity index (χ0n) is 15.5. The Balaban J connectivity index is 4.28. The van der Waals surface area contributed by atoms with Crippen LogP contribution >= 0.6 is 31.9 Å². The lowest BCUT2D eigenvalue weighted by Crippen LogP contribution is -2.34. The van der Waals surface area contributed by atoms with Crippen LogP contribution in [0.5, 0.6) is 0 Å². The zero-order chi connectivity index (χ0) is 19.5. The Kier molecular flexibility index (Phi) is 5.81. The first-order chi connectivity index (χ1) is 10.3. The van der Waals surface area contributed by atoms with Crippen molar-refractivity contribution in [3.05, 3.63) is 31.2 Å². The molecule has 0 fully saturated rings. The standard InChI is InChI=1S/C18H28Br2O4/c1-15(2,21)9-10(16(3,4)22)14(20)12(18(7,8)24)11(13(9)19)17(5,6)23/h21-24H,1-8H3.